The van der Waals surface area contributed by atoms with E-state index in [1.54, 1.807) is 18.2 Å². The van der Waals surface area contributed by atoms with E-state index in [1.807, 2.05) is 66.9 Å². The lowest BCUT2D eigenvalue weighted by atomic mass is 10.0. The molecule has 0 aliphatic carbocycles. The quantitative estimate of drug-likeness (QED) is 0.417. The normalized spacial score (nSPS) is 11.9. The molecule has 0 spiro atoms. The maximum absolute atomic E-state index is 12.7. The summed E-state index contributed by atoms with van der Waals surface area (Å²) in [5.74, 6) is 0.391. The van der Waals surface area contributed by atoms with Crippen LogP contribution in [-0.2, 0) is 13.0 Å². The topological polar surface area (TPSA) is 74.4 Å². The largest absolute Gasteiger partial charge is 0.489 e. The summed E-state index contributed by atoms with van der Waals surface area (Å²) in [4.78, 5) is 16.0. The van der Waals surface area contributed by atoms with Crippen molar-refractivity contribution < 1.29 is 14.6 Å². The lowest BCUT2D eigenvalue weighted by molar-refractivity contribution is 0.0916. The Bertz CT molecular complexity index is 1120. The van der Waals surface area contributed by atoms with Crippen LogP contribution >= 0.6 is 0 Å². The summed E-state index contributed by atoms with van der Waals surface area (Å²) in [7, 11) is 0. The molecule has 0 aliphatic rings. The number of nitrogens with one attached hydrogen (secondary N) is 2. The minimum absolute atomic E-state index is 0.143. The van der Waals surface area contributed by atoms with Crippen molar-refractivity contribution in [3.8, 4) is 5.75 Å². The first-order chi connectivity index (χ1) is 14.7. The second-order valence-electron chi connectivity index (χ2n) is 7.22. The second kappa shape index (κ2) is 9.29. The number of aliphatic hydroxyl groups excluding tert-OH is 1. The first-order valence-electron chi connectivity index (χ1n) is 9.96. The maximum Gasteiger partial charge on any atom is 0.251 e. The minimum atomic E-state index is -0.384. The summed E-state index contributed by atoms with van der Waals surface area (Å²) >= 11 is 0. The summed E-state index contributed by atoms with van der Waals surface area (Å²) in [6.07, 6.45) is 2.47. The molecule has 1 atom stereocenters. The number of benzene rings is 3. The molecule has 0 bridgehead atoms. The van der Waals surface area contributed by atoms with Crippen LogP contribution in [0.1, 0.15) is 21.5 Å². The number of amides is 1. The predicted octanol–water partition coefficient (Wildman–Crippen LogP) is 4.08. The van der Waals surface area contributed by atoms with Crippen molar-refractivity contribution in [2.45, 2.75) is 19.1 Å². The minimum Gasteiger partial charge on any atom is -0.489 e. The Morgan fingerprint density at radius 3 is 2.63 bits per heavy atom. The Morgan fingerprint density at radius 2 is 1.80 bits per heavy atom. The molecule has 0 fully saturated rings. The van der Waals surface area contributed by atoms with Crippen LogP contribution in [0, 0.1) is 0 Å². The summed E-state index contributed by atoms with van der Waals surface area (Å²) in [6, 6.07) is 24.6. The molecule has 0 unspecified atom stereocenters. The Labute approximate surface area is 175 Å². The summed E-state index contributed by atoms with van der Waals surface area (Å²) in [5, 5.41) is 13.8. The lowest BCUT2D eigenvalue weighted by Crippen LogP contribution is -2.39. The predicted molar refractivity (Wildman–Crippen MR) is 118 cm³/mol. The number of aliphatic hydroxyl groups is 1. The van der Waals surface area contributed by atoms with Crippen molar-refractivity contribution in [2.75, 3.05) is 6.61 Å². The van der Waals surface area contributed by atoms with Gasteiger partial charge in [0.05, 0.1) is 12.6 Å². The fraction of sp³-hybridized carbons (Fsp3) is 0.160. The molecule has 3 N–H and O–H groups in total. The molecular formula is C25H24N2O3. The van der Waals surface area contributed by atoms with Crippen LogP contribution in [0.15, 0.2) is 85.1 Å². The van der Waals surface area contributed by atoms with Crippen LogP contribution < -0.4 is 10.1 Å². The highest BCUT2D eigenvalue weighted by atomic mass is 16.5. The standard InChI is InChI=1S/C25H24N2O3/c28-16-21(13-20-15-26-24-12-5-4-11-23(20)24)27-25(29)19-9-6-10-22(14-19)30-17-18-7-2-1-3-8-18/h1-12,14-15,21,26,28H,13,16-17H2,(H,27,29)/t21-/m0/s1. The third-order valence-electron chi connectivity index (χ3n) is 5.04. The Kier molecular flexibility index (Phi) is 6.11. The van der Waals surface area contributed by atoms with Gasteiger partial charge in [-0.1, -0.05) is 54.6 Å². The molecule has 0 saturated carbocycles. The molecule has 0 saturated heterocycles. The number of rotatable bonds is 8. The van der Waals surface area contributed by atoms with E-state index in [-0.39, 0.29) is 18.6 Å². The number of H-pyrrole nitrogens is 1. The van der Waals surface area contributed by atoms with Crippen molar-refractivity contribution in [1.29, 1.82) is 0 Å². The van der Waals surface area contributed by atoms with E-state index in [4.69, 9.17) is 4.74 Å². The number of aromatic nitrogens is 1. The number of para-hydroxylation sites is 1. The van der Waals surface area contributed by atoms with Crippen LogP contribution in [-0.4, -0.2) is 28.6 Å². The highest BCUT2D eigenvalue weighted by Gasteiger charge is 2.16. The molecular weight excluding hydrogens is 376 g/mol. The van der Waals surface area contributed by atoms with E-state index >= 15 is 0 Å². The van der Waals surface area contributed by atoms with Crippen molar-refractivity contribution >= 4 is 16.8 Å². The Morgan fingerprint density at radius 1 is 1.00 bits per heavy atom. The fourth-order valence-electron chi connectivity index (χ4n) is 3.46. The molecule has 4 rings (SSSR count). The molecule has 152 valence electrons. The molecule has 0 aliphatic heterocycles. The summed E-state index contributed by atoms with van der Waals surface area (Å²) in [5.41, 5.74) is 3.66. The monoisotopic (exact) mass is 400 g/mol. The first kappa shape index (κ1) is 19.7. The van der Waals surface area contributed by atoms with E-state index in [0.717, 1.165) is 22.0 Å². The smallest absolute Gasteiger partial charge is 0.251 e. The molecule has 5 heteroatoms. The number of ether oxygens (including phenoxy) is 1. The number of hydrogen-bond donors (Lipinski definition) is 3. The highest BCUT2D eigenvalue weighted by Crippen LogP contribution is 2.20. The highest BCUT2D eigenvalue weighted by molar-refractivity contribution is 5.94. The molecule has 0 radical (unpaired) electrons. The van der Waals surface area contributed by atoms with Gasteiger partial charge in [0.25, 0.3) is 5.91 Å². The SMILES string of the molecule is O=C(N[C@H](CO)Cc1c[nH]c2ccccc12)c1cccc(OCc2ccccc2)c1. The van der Waals surface area contributed by atoms with Crippen LogP contribution in [0.3, 0.4) is 0 Å². The van der Waals surface area contributed by atoms with Gasteiger partial charge in [-0.3, -0.25) is 4.79 Å². The van der Waals surface area contributed by atoms with Gasteiger partial charge in [-0.25, -0.2) is 0 Å². The van der Waals surface area contributed by atoms with Crippen LogP contribution in [0.5, 0.6) is 5.75 Å². The molecule has 3 aromatic carbocycles. The van der Waals surface area contributed by atoms with Crippen molar-refractivity contribution in [2.24, 2.45) is 0 Å². The van der Waals surface area contributed by atoms with Crippen molar-refractivity contribution in [3.63, 3.8) is 0 Å². The molecule has 5 nitrogen and oxygen atoms in total. The van der Waals surface area contributed by atoms with E-state index in [0.29, 0.717) is 24.3 Å². The van der Waals surface area contributed by atoms with Gasteiger partial charge in [-0.2, -0.15) is 0 Å². The summed E-state index contributed by atoms with van der Waals surface area (Å²) < 4.78 is 5.81. The fourth-order valence-corrected chi connectivity index (χ4v) is 3.46. The van der Waals surface area contributed by atoms with E-state index in [2.05, 4.69) is 10.3 Å². The first-order valence-corrected chi connectivity index (χ1v) is 9.96. The zero-order chi connectivity index (χ0) is 20.8. The van der Waals surface area contributed by atoms with E-state index < -0.39 is 0 Å². The van der Waals surface area contributed by atoms with E-state index in [1.165, 1.54) is 0 Å². The number of hydrogen-bond acceptors (Lipinski definition) is 3. The van der Waals surface area contributed by atoms with E-state index in [9.17, 15) is 9.90 Å². The average Bonchev–Trinajstić information content (AvgIpc) is 3.21. The van der Waals surface area contributed by atoms with Gasteiger partial charge in [-0.15, -0.1) is 0 Å². The summed E-state index contributed by atoms with van der Waals surface area (Å²) in [6.45, 7) is 0.293. The van der Waals surface area contributed by atoms with Gasteiger partial charge in [-0.05, 0) is 41.8 Å². The van der Waals surface area contributed by atoms with Gasteiger partial charge in [0, 0.05) is 22.7 Å². The van der Waals surface area contributed by atoms with Crippen molar-refractivity contribution in [1.82, 2.24) is 10.3 Å². The third-order valence-corrected chi connectivity index (χ3v) is 5.04. The number of carbonyl (C=O) groups is 1. The molecule has 30 heavy (non-hydrogen) atoms. The average molecular weight is 400 g/mol. The Balaban J connectivity index is 1.40. The molecule has 1 amide bonds. The second-order valence-corrected chi connectivity index (χ2v) is 7.22. The number of fused-ring (bicyclic) bond motifs is 1. The number of aromatic amines is 1. The van der Waals surface area contributed by atoms with Gasteiger partial charge in [0.1, 0.15) is 12.4 Å². The number of carbonyl (C=O) groups excluding carboxylic acids is 1. The Hall–Kier alpha value is -3.57. The van der Waals surface area contributed by atoms with Crippen molar-refractivity contribution in [3.05, 3.63) is 102 Å². The van der Waals surface area contributed by atoms with Gasteiger partial charge < -0.3 is 20.1 Å². The zero-order valence-electron chi connectivity index (χ0n) is 16.5. The third kappa shape index (κ3) is 4.70. The maximum atomic E-state index is 12.7. The molecule has 1 heterocycles. The van der Waals surface area contributed by atoms with Gasteiger partial charge in [0.2, 0.25) is 0 Å². The van der Waals surface area contributed by atoms with Gasteiger partial charge in [0.15, 0.2) is 0 Å². The lowest BCUT2D eigenvalue weighted by Gasteiger charge is -2.16. The molecule has 1 aromatic heterocycles. The van der Waals surface area contributed by atoms with Crippen LogP contribution in [0.4, 0.5) is 0 Å². The zero-order valence-corrected chi connectivity index (χ0v) is 16.5. The molecule has 4 aromatic rings. The van der Waals surface area contributed by atoms with Crippen LogP contribution in [0.25, 0.3) is 10.9 Å². The van der Waals surface area contributed by atoms with Gasteiger partial charge >= 0.3 is 0 Å². The van der Waals surface area contributed by atoms with Crippen LogP contribution in [0.2, 0.25) is 0 Å².